The molecule has 0 aliphatic heterocycles. The van der Waals surface area contributed by atoms with Crippen LogP contribution in [0.15, 0.2) is 4.42 Å². The number of aromatic nitrogens is 1. The van der Waals surface area contributed by atoms with Crippen molar-refractivity contribution >= 4 is 0 Å². The first-order valence-corrected chi connectivity index (χ1v) is 4.71. The maximum Gasteiger partial charge on any atom is 0.197 e. The molecule has 0 aromatic carbocycles. The molecule has 12 heavy (non-hydrogen) atoms. The van der Waals surface area contributed by atoms with Crippen molar-refractivity contribution in [2.75, 3.05) is 0 Å². The lowest BCUT2D eigenvalue weighted by atomic mass is 10.4. The summed E-state index contributed by atoms with van der Waals surface area (Å²) in [6, 6.07) is 0. The van der Waals surface area contributed by atoms with Crippen molar-refractivity contribution in [1.29, 1.82) is 0 Å². The number of aryl methyl sites for hydroxylation is 2. The van der Waals surface area contributed by atoms with Crippen molar-refractivity contribution in [2.24, 2.45) is 0 Å². The molecule has 2 nitrogen and oxygen atoms in total. The first-order valence-electron chi connectivity index (χ1n) is 4.71. The molecule has 1 aromatic rings. The molecule has 1 heterocycles. The van der Waals surface area contributed by atoms with Gasteiger partial charge in [0.1, 0.15) is 5.76 Å². The summed E-state index contributed by atoms with van der Waals surface area (Å²) in [7, 11) is 0. The third-order valence-electron chi connectivity index (χ3n) is 1.97. The van der Waals surface area contributed by atoms with Crippen LogP contribution >= 0.6 is 0 Å². The van der Waals surface area contributed by atoms with Gasteiger partial charge >= 0.3 is 0 Å². The molecule has 0 saturated heterocycles. The van der Waals surface area contributed by atoms with Gasteiger partial charge < -0.3 is 4.42 Å². The molecule has 0 atom stereocenters. The predicted molar refractivity (Wildman–Crippen MR) is 49.3 cm³/mol. The lowest BCUT2D eigenvalue weighted by molar-refractivity contribution is 0.472. The molecular formula is C10H17NO. The van der Waals surface area contributed by atoms with Crippen LogP contribution in [0.25, 0.3) is 0 Å². The van der Waals surface area contributed by atoms with Crippen molar-refractivity contribution < 1.29 is 4.42 Å². The van der Waals surface area contributed by atoms with Gasteiger partial charge in [-0.2, -0.15) is 0 Å². The van der Waals surface area contributed by atoms with E-state index in [0.717, 1.165) is 17.3 Å². The van der Waals surface area contributed by atoms with Crippen LogP contribution in [0.4, 0.5) is 0 Å². The number of rotatable bonds is 1. The molecule has 0 spiro atoms. The fourth-order valence-corrected chi connectivity index (χ4v) is 1.00. The zero-order valence-electron chi connectivity index (χ0n) is 8.35. The molecule has 2 heteroatoms. The number of hydrogen-bond donors (Lipinski definition) is 0. The number of nitrogens with zero attached hydrogens (tertiary/aromatic N) is 1. The highest BCUT2D eigenvalue weighted by Gasteiger charge is 2.28. The second kappa shape index (κ2) is 3.74. The Kier molecular flexibility index (Phi) is 2.90. The van der Waals surface area contributed by atoms with E-state index in [1.807, 2.05) is 27.7 Å². The SMILES string of the molecule is CC.Cc1nc(C2CC2)oc1C. The van der Waals surface area contributed by atoms with Crippen LogP contribution in [0.2, 0.25) is 0 Å². The molecule has 2 rings (SSSR count). The Morgan fingerprint density at radius 2 is 1.83 bits per heavy atom. The molecule has 1 fully saturated rings. The van der Waals surface area contributed by atoms with E-state index in [0.29, 0.717) is 5.92 Å². The van der Waals surface area contributed by atoms with Crippen molar-refractivity contribution in [1.82, 2.24) is 4.98 Å². The van der Waals surface area contributed by atoms with E-state index >= 15 is 0 Å². The highest BCUT2D eigenvalue weighted by atomic mass is 16.4. The summed E-state index contributed by atoms with van der Waals surface area (Å²) in [4.78, 5) is 4.31. The second-order valence-electron chi connectivity index (χ2n) is 2.97. The Hall–Kier alpha value is -0.790. The highest BCUT2D eigenvalue weighted by molar-refractivity contribution is 5.10. The van der Waals surface area contributed by atoms with Crippen LogP contribution in [0.3, 0.4) is 0 Å². The van der Waals surface area contributed by atoms with E-state index in [2.05, 4.69) is 4.98 Å². The first kappa shape index (κ1) is 9.30. The molecule has 68 valence electrons. The van der Waals surface area contributed by atoms with Gasteiger partial charge in [-0.1, -0.05) is 13.8 Å². The summed E-state index contributed by atoms with van der Waals surface area (Å²) in [6.07, 6.45) is 2.53. The molecule has 1 aliphatic rings. The smallest absolute Gasteiger partial charge is 0.197 e. The first-order chi connectivity index (χ1) is 5.77. The van der Waals surface area contributed by atoms with Crippen LogP contribution < -0.4 is 0 Å². The van der Waals surface area contributed by atoms with Crippen LogP contribution in [0.5, 0.6) is 0 Å². The molecule has 1 aromatic heterocycles. The minimum absolute atomic E-state index is 0.646. The number of hydrogen-bond acceptors (Lipinski definition) is 2. The molecule has 0 bridgehead atoms. The topological polar surface area (TPSA) is 26.0 Å². The normalized spacial score (nSPS) is 15.3. The minimum Gasteiger partial charge on any atom is -0.445 e. The average molecular weight is 167 g/mol. The van der Waals surface area contributed by atoms with Gasteiger partial charge in [0.2, 0.25) is 0 Å². The predicted octanol–water partition coefficient (Wildman–Crippen LogP) is 3.20. The van der Waals surface area contributed by atoms with Gasteiger partial charge in [0.15, 0.2) is 5.89 Å². The summed E-state index contributed by atoms with van der Waals surface area (Å²) in [6.45, 7) is 7.96. The largest absolute Gasteiger partial charge is 0.445 e. The lowest BCUT2D eigenvalue weighted by Gasteiger charge is -1.83. The Labute approximate surface area is 74.0 Å². The van der Waals surface area contributed by atoms with E-state index in [1.165, 1.54) is 12.8 Å². The minimum atomic E-state index is 0.646. The second-order valence-corrected chi connectivity index (χ2v) is 2.97. The Morgan fingerprint density at radius 1 is 1.25 bits per heavy atom. The van der Waals surface area contributed by atoms with Gasteiger partial charge in [-0.15, -0.1) is 0 Å². The zero-order valence-corrected chi connectivity index (χ0v) is 8.35. The Balaban J connectivity index is 0.000000336. The van der Waals surface area contributed by atoms with E-state index in [-0.39, 0.29) is 0 Å². The van der Waals surface area contributed by atoms with Gasteiger partial charge in [-0.3, -0.25) is 0 Å². The summed E-state index contributed by atoms with van der Waals surface area (Å²) in [5.74, 6) is 2.57. The standard InChI is InChI=1S/C8H11NO.C2H6/c1-5-6(2)10-8(9-5)7-3-4-7;1-2/h7H,3-4H2,1-2H3;1-2H3. The highest BCUT2D eigenvalue weighted by Crippen LogP contribution is 2.39. The molecule has 0 N–H and O–H groups in total. The monoisotopic (exact) mass is 167 g/mol. The lowest BCUT2D eigenvalue weighted by Crippen LogP contribution is -1.76. The molecule has 0 radical (unpaired) electrons. The number of oxazole rings is 1. The Morgan fingerprint density at radius 3 is 2.17 bits per heavy atom. The van der Waals surface area contributed by atoms with Crippen LogP contribution in [0, 0.1) is 13.8 Å². The molecule has 1 aliphatic carbocycles. The molecule has 0 unspecified atom stereocenters. The quantitative estimate of drug-likeness (QED) is 0.642. The van der Waals surface area contributed by atoms with E-state index in [9.17, 15) is 0 Å². The third-order valence-corrected chi connectivity index (χ3v) is 1.97. The molecule has 1 saturated carbocycles. The summed E-state index contributed by atoms with van der Waals surface area (Å²) < 4.78 is 5.43. The molecule has 0 amide bonds. The fraction of sp³-hybridized carbons (Fsp3) is 0.700. The van der Waals surface area contributed by atoms with E-state index in [1.54, 1.807) is 0 Å². The van der Waals surface area contributed by atoms with E-state index < -0.39 is 0 Å². The third kappa shape index (κ3) is 1.87. The summed E-state index contributed by atoms with van der Waals surface area (Å²) in [5, 5.41) is 0. The Bertz CT molecular complexity index is 229. The van der Waals surface area contributed by atoms with Gasteiger partial charge in [-0.25, -0.2) is 4.98 Å². The fourth-order valence-electron chi connectivity index (χ4n) is 1.00. The van der Waals surface area contributed by atoms with E-state index in [4.69, 9.17) is 4.42 Å². The van der Waals surface area contributed by atoms with Crippen molar-refractivity contribution in [2.45, 2.75) is 46.5 Å². The van der Waals surface area contributed by atoms with Crippen LogP contribution in [-0.2, 0) is 0 Å². The van der Waals surface area contributed by atoms with Gasteiger partial charge in [-0.05, 0) is 26.7 Å². The summed E-state index contributed by atoms with van der Waals surface area (Å²) >= 11 is 0. The average Bonchev–Trinajstić information content (AvgIpc) is 2.85. The van der Waals surface area contributed by atoms with Gasteiger partial charge in [0, 0.05) is 5.92 Å². The van der Waals surface area contributed by atoms with Crippen LogP contribution in [-0.4, -0.2) is 4.98 Å². The van der Waals surface area contributed by atoms with Gasteiger partial charge in [0.05, 0.1) is 5.69 Å². The van der Waals surface area contributed by atoms with Crippen molar-refractivity contribution in [3.63, 3.8) is 0 Å². The van der Waals surface area contributed by atoms with Crippen molar-refractivity contribution in [3.05, 3.63) is 17.3 Å². The molecular weight excluding hydrogens is 150 g/mol. The maximum absolute atomic E-state index is 5.43. The van der Waals surface area contributed by atoms with Crippen LogP contribution in [0.1, 0.15) is 50.0 Å². The maximum atomic E-state index is 5.43. The summed E-state index contributed by atoms with van der Waals surface area (Å²) in [5.41, 5.74) is 1.04. The van der Waals surface area contributed by atoms with Crippen molar-refractivity contribution in [3.8, 4) is 0 Å². The zero-order chi connectivity index (χ0) is 9.14. The van der Waals surface area contributed by atoms with Gasteiger partial charge in [0.25, 0.3) is 0 Å².